The third-order valence-electron chi connectivity index (χ3n) is 5.98. The number of ether oxygens (including phenoxy) is 1. The summed E-state index contributed by atoms with van der Waals surface area (Å²) < 4.78 is 10.8. The highest BCUT2D eigenvalue weighted by Gasteiger charge is 2.28. The molecule has 1 amide bonds. The summed E-state index contributed by atoms with van der Waals surface area (Å²) in [6, 6.07) is 1.93. The molecule has 0 aliphatic carbocycles. The molecule has 0 atom stereocenters. The second kappa shape index (κ2) is 8.17. The van der Waals surface area contributed by atoms with E-state index in [1.54, 1.807) is 0 Å². The van der Waals surface area contributed by atoms with Crippen LogP contribution >= 0.6 is 0 Å². The van der Waals surface area contributed by atoms with E-state index < -0.39 is 0 Å². The number of rotatable bonds is 4. The lowest BCUT2D eigenvalue weighted by molar-refractivity contribution is 0.0243. The maximum atomic E-state index is 13.3. The zero-order valence-electron chi connectivity index (χ0n) is 17.1. The average Bonchev–Trinajstić information content (AvgIpc) is 3.09. The number of likely N-dealkylation sites (tertiary alicyclic amines) is 1. The van der Waals surface area contributed by atoms with Crippen LogP contribution < -0.4 is 0 Å². The molecule has 0 N–H and O–H groups in total. The molecule has 2 aromatic rings. The van der Waals surface area contributed by atoms with Gasteiger partial charge in [0.25, 0.3) is 11.6 Å². The van der Waals surface area contributed by atoms with Crippen LogP contribution in [0.5, 0.6) is 0 Å². The molecular formula is C21H30N4O3. The van der Waals surface area contributed by atoms with Crippen molar-refractivity contribution >= 4 is 17.0 Å². The van der Waals surface area contributed by atoms with Gasteiger partial charge in [0.15, 0.2) is 0 Å². The second-order valence-corrected chi connectivity index (χ2v) is 8.35. The molecule has 0 bridgehead atoms. The largest absolute Gasteiger partial charge is 0.379 e. The van der Waals surface area contributed by atoms with Crippen molar-refractivity contribution in [3.05, 3.63) is 23.0 Å². The van der Waals surface area contributed by atoms with Gasteiger partial charge in [0.1, 0.15) is 0 Å². The van der Waals surface area contributed by atoms with Crippen LogP contribution in [-0.4, -0.2) is 71.8 Å². The van der Waals surface area contributed by atoms with Gasteiger partial charge in [0.05, 0.1) is 29.9 Å². The maximum absolute atomic E-state index is 13.3. The van der Waals surface area contributed by atoms with Crippen LogP contribution in [0.2, 0.25) is 0 Å². The zero-order valence-corrected chi connectivity index (χ0v) is 17.1. The Hall–Kier alpha value is -1.99. The number of aromatic nitrogens is 2. The summed E-state index contributed by atoms with van der Waals surface area (Å²) in [6.45, 7) is 12.5. The van der Waals surface area contributed by atoms with E-state index >= 15 is 0 Å². The fourth-order valence-corrected chi connectivity index (χ4v) is 4.22. The van der Waals surface area contributed by atoms with Gasteiger partial charge in [-0.1, -0.05) is 19.0 Å². The van der Waals surface area contributed by atoms with Gasteiger partial charge < -0.3 is 14.2 Å². The molecule has 2 saturated heterocycles. The van der Waals surface area contributed by atoms with E-state index in [1.807, 2.05) is 17.9 Å². The molecule has 4 rings (SSSR count). The minimum atomic E-state index is 0.0745. The summed E-state index contributed by atoms with van der Waals surface area (Å²) in [5.41, 5.74) is 2.74. The molecule has 0 aromatic carbocycles. The molecule has 152 valence electrons. The highest BCUT2D eigenvalue weighted by Crippen LogP contribution is 2.28. The van der Waals surface area contributed by atoms with Crippen molar-refractivity contribution < 1.29 is 14.1 Å². The van der Waals surface area contributed by atoms with Crippen molar-refractivity contribution in [3.63, 3.8) is 0 Å². The van der Waals surface area contributed by atoms with Gasteiger partial charge in [-0.15, -0.1) is 0 Å². The molecule has 2 aliphatic heterocycles. The highest BCUT2D eigenvalue weighted by atomic mass is 16.5. The van der Waals surface area contributed by atoms with E-state index in [0.717, 1.165) is 75.6 Å². The molecule has 0 radical (unpaired) electrons. The molecule has 2 fully saturated rings. The third kappa shape index (κ3) is 3.91. The Kier molecular flexibility index (Phi) is 5.64. The molecule has 0 unspecified atom stereocenters. The Balaban J connectivity index is 1.47. The Morgan fingerprint density at radius 1 is 1.21 bits per heavy atom. The molecule has 7 heteroatoms. The van der Waals surface area contributed by atoms with Crippen molar-refractivity contribution in [2.24, 2.45) is 5.92 Å². The molecular weight excluding hydrogens is 356 g/mol. The Morgan fingerprint density at radius 2 is 1.93 bits per heavy atom. The van der Waals surface area contributed by atoms with E-state index in [9.17, 15) is 4.79 Å². The number of amides is 1. The van der Waals surface area contributed by atoms with Gasteiger partial charge in [0, 0.05) is 38.4 Å². The summed E-state index contributed by atoms with van der Waals surface area (Å²) in [6.07, 6.45) is 2.11. The van der Waals surface area contributed by atoms with Gasteiger partial charge in [-0.3, -0.25) is 9.69 Å². The minimum Gasteiger partial charge on any atom is -0.379 e. The summed E-state index contributed by atoms with van der Waals surface area (Å²) in [5, 5.41) is 4.79. The van der Waals surface area contributed by atoms with Crippen molar-refractivity contribution in [3.8, 4) is 0 Å². The lowest BCUT2D eigenvalue weighted by Crippen LogP contribution is -2.44. The van der Waals surface area contributed by atoms with Crippen LogP contribution in [0.1, 0.15) is 54.4 Å². The normalized spacial score (nSPS) is 19.6. The maximum Gasteiger partial charge on any atom is 0.259 e. The van der Waals surface area contributed by atoms with Crippen LogP contribution in [0.25, 0.3) is 11.1 Å². The SMILES string of the molecule is Cc1noc2nc(C(C)C)cc(C(=O)N3CCC(CN4CCOCC4)CC3)c12. The van der Waals surface area contributed by atoms with Gasteiger partial charge in [-0.25, -0.2) is 4.98 Å². The number of nitrogens with zero attached hydrogens (tertiary/aromatic N) is 4. The molecule has 28 heavy (non-hydrogen) atoms. The first kappa shape index (κ1) is 19.3. The summed E-state index contributed by atoms with van der Waals surface area (Å²) >= 11 is 0. The highest BCUT2D eigenvalue weighted by molar-refractivity contribution is 6.06. The Labute approximate surface area is 166 Å². The fourth-order valence-electron chi connectivity index (χ4n) is 4.22. The predicted molar refractivity (Wildman–Crippen MR) is 107 cm³/mol. The quantitative estimate of drug-likeness (QED) is 0.805. The first-order chi connectivity index (χ1) is 13.5. The number of morpholine rings is 1. The van der Waals surface area contributed by atoms with Crippen LogP contribution in [0.15, 0.2) is 10.6 Å². The van der Waals surface area contributed by atoms with Crippen molar-refractivity contribution in [1.29, 1.82) is 0 Å². The first-order valence-corrected chi connectivity index (χ1v) is 10.4. The number of fused-ring (bicyclic) bond motifs is 1. The monoisotopic (exact) mass is 386 g/mol. The summed E-state index contributed by atoms with van der Waals surface area (Å²) in [7, 11) is 0. The van der Waals surface area contributed by atoms with Crippen molar-refractivity contribution in [2.45, 2.75) is 39.5 Å². The summed E-state index contributed by atoms with van der Waals surface area (Å²) in [4.78, 5) is 22.4. The number of carbonyl (C=O) groups excluding carboxylic acids is 1. The van der Waals surface area contributed by atoms with Gasteiger partial charge in [-0.2, -0.15) is 0 Å². The predicted octanol–water partition coefficient (Wildman–Crippen LogP) is 2.84. The van der Waals surface area contributed by atoms with E-state index in [4.69, 9.17) is 9.26 Å². The topological polar surface area (TPSA) is 71.7 Å². The van der Waals surface area contributed by atoms with E-state index in [2.05, 4.69) is 28.9 Å². The van der Waals surface area contributed by atoms with Gasteiger partial charge in [-0.05, 0) is 37.7 Å². The Bertz CT molecular complexity index is 834. The Morgan fingerprint density at radius 3 is 2.61 bits per heavy atom. The molecule has 0 saturated carbocycles. The number of carbonyl (C=O) groups is 1. The van der Waals surface area contributed by atoms with Crippen LogP contribution in [0.4, 0.5) is 0 Å². The number of pyridine rings is 1. The number of aryl methyl sites for hydroxylation is 1. The fraction of sp³-hybridized carbons (Fsp3) is 0.667. The van der Waals surface area contributed by atoms with E-state index in [1.165, 1.54) is 0 Å². The van der Waals surface area contributed by atoms with E-state index in [-0.39, 0.29) is 11.8 Å². The third-order valence-corrected chi connectivity index (χ3v) is 5.98. The second-order valence-electron chi connectivity index (χ2n) is 8.35. The molecule has 0 spiro atoms. The molecule has 2 aliphatic rings. The van der Waals surface area contributed by atoms with E-state index in [0.29, 0.717) is 17.2 Å². The molecule has 2 aromatic heterocycles. The van der Waals surface area contributed by atoms with Crippen LogP contribution in [0.3, 0.4) is 0 Å². The minimum absolute atomic E-state index is 0.0745. The van der Waals surface area contributed by atoms with Crippen LogP contribution in [0, 0.1) is 12.8 Å². The van der Waals surface area contributed by atoms with Crippen molar-refractivity contribution in [1.82, 2.24) is 19.9 Å². The lowest BCUT2D eigenvalue weighted by atomic mass is 9.95. The average molecular weight is 386 g/mol. The number of hydrogen-bond donors (Lipinski definition) is 0. The number of piperidine rings is 1. The zero-order chi connectivity index (χ0) is 19.7. The molecule has 4 heterocycles. The standard InChI is InChI=1S/C21H30N4O3/c1-14(2)18-12-17(19-15(3)23-28-20(19)22-18)21(26)25-6-4-16(5-7-25)13-24-8-10-27-11-9-24/h12,14,16H,4-11,13H2,1-3H3. The van der Waals surface area contributed by atoms with Crippen LogP contribution in [-0.2, 0) is 4.74 Å². The van der Waals surface area contributed by atoms with Gasteiger partial charge in [0.2, 0.25) is 0 Å². The van der Waals surface area contributed by atoms with Gasteiger partial charge >= 0.3 is 0 Å². The molecule has 7 nitrogen and oxygen atoms in total. The van der Waals surface area contributed by atoms with Crippen molar-refractivity contribution in [2.75, 3.05) is 45.9 Å². The lowest BCUT2D eigenvalue weighted by Gasteiger charge is -2.36. The number of hydrogen-bond acceptors (Lipinski definition) is 6. The first-order valence-electron chi connectivity index (χ1n) is 10.4. The summed E-state index contributed by atoms with van der Waals surface area (Å²) in [5.74, 6) is 0.953. The smallest absolute Gasteiger partial charge is 0.259 e.